The molecular formula is C22H24LiNO4. The van der Waals surface area contributed by atoms with Crippen LogP contribution in [0.4, 0.5) is 0 Å². The number of nitrogens with zero attached hydrogens (tertiary/aromatic N) is 1. The monoisotopic (exact) mass is 373 g/mol. The van der Waals surface area contributed by atoms with Gasteiger partial charge in [-0.1, -0.05) is 30.3 Å². The third kappa shape index (κ3) is 6.36. The zero-order chi connectivity index (χ0) is 19.5. The first-order valence-corrected chi connectivity index (χ1v) is 8.72. The minimum atomic E-state index is 0. The summed E-state index contributed by atoms with van der Waals surface area (Å²) >= 11 is 0. The maximum Gasteiger partial charge on any atom is 1.00 e. The van der Waals surface area contributed by atoms with E-state index in [4.69, 9.17) is 25.4 Å². The van der Waals surface area contributed by atoms with Gasteiger partial charge >= 0.3 is 18.9 Å². The Labute approximate surface area is 179 Å². The van der Waals surface area contributed by atoms with E-state index in [2.05, 4.69) is 10.9 Å². The average Bonchev–Trinajstić information content (AvgIpc) is 2.72. The van der Waals surface area contributed by atoms with Crippen LogP contribution in [0.25, 0.3) is 0 Å². The first-order valence-electron chi connectivity index (χ1n) is 8.72. The van der Waals surface area contributed by atoms with Crippen LogP contribution >= 0.6 is 0 Å². The van der Waals surface area contributed by atoms with E-state index in [1.54, 1.807) is 26.4 Å². The van der Waals surface area contributed by atoms with Gasteiger partial charge in [0.05, 0.1) is 40.6 Å². The van der Waals surface area contributed by atoms with Gasteiger partial charge in [0.2, 0.25) is 5.90 Å². The van der Waals surface area contributed by atoms with Gasteiger partial charge in [-0.3, -0.25) is 10.9 Å². The van der Waals surface area contributed by atoms with Crippen molar-refractivity contribution in [1.82, 2.24) is 0 Å². The Kier molecular flexibility index (Phi) is 10.9. The Morgan fingerprint density at radius 2 is 1.82 bits per heavy atom. The van der Waals surface area contributed by atoms with Crippen LogP contribution in [0.1, 0.15) is 23.6 Å². The molecule has 2 aromatic carbocycles. The normalized spacial score (nSPS) is 10.6. The molecular weight excluding hydrogens is 349 g/mol. The van der Waals surface area contributed by atoms with Crippen LogP contribution < -0.4 is 28.3 Å². The summed E-state index contributed by atoms with van der Waals surface area (Å²) in [4.78, 5) is 4.52. The average molecular weight is 373 g/mol. The molecule has 0 atom stereocenters. The fraction of sp³-hybridized carbons (Fsp3) is 0.318. The number of aliphatic imine (C=N–C) groups is 1. The van der Waals surface area contributed by atoms with Gasteiger partial charge in [-0.05, 0) is 18.6 Å². The Bertz CT molecular complexity index is 800. The molecule has 6 heteroatoms. The number of hydrogen-bond donors (Lipinski definition) is 0. The van der Waals surface area contributed by atoms with Crippen molar-refractivity contribution in [2.24, 2.45) is 4.99 Å². The summed E-state index contributed by atoms with van der Waals surface area (Å²) in [5, 5.41) is 0. The van der Waals surface area contributed by atoms with E-state index in [-0.39, 0.29) is 18.9 Å². The Morgan fingerprint density at radius 3 is 2.43 bits per heavy atom. The molecule has 0 spiro atoms. The van der Waals surface area contributed by atoms with E-state index in [0.717, 1.165) is 5.56 Å². The molecule has 0 aliphatic rings. The minimum Gasteiger partial charge on any atom is -0.494 e. The Morgan fingerprint density at radius 1 is 1.07 bits per heavy atom. The van der Waals surface area contributed by atoms with Gasteiger partial charge in [0, 0.05) is 5.56 Å². The van der Waals surface area contributed by atoms with Gasteiger partial charge in [-0.2, -0.15) is 0 Å². The van der Waals surface area contributed by atoms with Crippen molar-refractivity contribution in [2.75, 3.05) is 34.0 Å². The van der Waals surface area contributed by atoms with E-state index in [0.29, 0.717) is 54.9 Å². The largest absolute Gasteiger partial charge is 1.00 e. The molecule has 0 unspecified atom stereocenters. The molecule has 28 heavy (non-hydrogen) atoms. The first kappa shape index (κ1) is 23.7. The zero-order valence-electron chi connectivity index (χ0n) is 17.0. The topological polar surface area (TPSA) is 49.3 Å². The van der Waals surface area contributed by atoms with E-state index in [1.165, 1.54) is 0 Å². The zero-order valence-corrected chi connectivity index (χ0v) is 17.0. The summed E-state index contributed by atoms with van der Waals surface area (Å²) in [6, 6.07) is 13.4. The van der Waals surface area contributed by atoms with Crippen LogP contribution in [0.15, 0.2) is 47.5 Å². The van der Waals surface area contributed by atoms with Gasteiger partial charge in [0.1, 0.15) is 0 Å². The summed E-state index contributed by atoms with van der Waals surface area (Å²) in [5.74, 6) is 3.79. The Hall–Kier alpha value is -2.37. The van der Waals surface area contributed by atoms with Gasteiger partial charge in [-0.15, -0.1) is 11.6 Å². The fourth-order valence-corrected chi connectivity index (χ4v) is 2.55. The van der Waals surface area contributed by atoms with Crippen molar-refractivity contribution < 1.29 is 37.8 Å². The SMILES string of the molecule is [C-]#Cc1ccc(OC)c(OC)c1C(=NCCOCc1ccccc1)OCC.[Li+]. The number of benzene rings is 2. The molecule has 5 nitrogen and oxygen atoms in total. The van der Waals surface area contributed by atoms with E-state index in [9.17, 15) is 0 Å². The van der Waals surface area contributed by atoms with Crippen molar-refractivity contribution in [1.29, 1.82) is 0 Å². The van der Waals surface area contributed by atoms with Crippen LogP contribution in [0.3, 0.4) is 0 Å². The maximum absolute atomic E-state index is 7.57. The summed E-state index contributed by atoms with van der Waals surface area (Å²) < 4.78 is 22.2. The first-order chi connectivity index (χ1) is 13.2. The molecule has 0 saturated carbocycles. The van der Waals surface area contributed by atoms with E-state index in [1.807, 2.05) is 37.3 Å². The third-order valence-electron chi connectivity index (χ3n) is 3.78. The predicted octanol–water partition coefficient (Wildman–Crippen LogP) is 0.646. The summed E-state index contributed by atoms with van der Waals surface area (Å²) in [6.45, 7) is 3.70. The van der Waals surface area contributed by atoms with Crippen LogP contribution in [0.5, 0.6) is 11.5 Å². The molecule has 0 N–H and O–H groups in total. The van der Waals surface area contributed by atoms with Gasteiger partial charge in [0.15, 0.2) is 11.5 Å². The van der Waals surface area contributed by atoms with Crippen molar-refractivity contribution in [3.63, 3.8) is 0 Å². The number of methoxy groups -OCH3 is 2. The van der Waals surface area contributed by atoms with Gasteiger partial charge in [0.25, 0.3) is 0 Å². The molecule has 0 saturated heterocycles. The molecule has 0 amide bonds. The predicted molar refractivity (Wildman–Crippen MR) is 105 cm³/mol. The van der Waals surface area contributed by atoms with Crippen molar-refractivity contribution in [3.05, 3.63) is 65.6 Å². The molecule has 0 aliphatic carbocycles. The minimum absolute atomic E-state index is 0. The number of rotatable bonds is 9. The van der Waals surface area contributed by atoms with Gasteiger partial charge < -0.3 is 25.4 Å². The van der Waals surface area contributed by atoms with Gasteiger partial charge in [-0.25, -0.2) is 0 Å². The second-order valence-electron chi connectivity index (χ2n) is 5.51. The third-order valence-corrected chi connectivity index (χ3v) is 3.78. The summed E-state index contributed by atoms with van der Waals surface area (Å²) in [7, 11) is 3.10. The summed E-state index contributed by atoms with van der Waals surface area (Å²) in [6.07, 6.45) is 7.57. The van der Waals surface area contributed by atoms with E-state index >= 15 is 0 Å². The maximum atomic E-state index is 7.57. The Balaban J connectivity index is 0.00000392. The molecule has 0 aliphatic heterocycles. The molecule has 0 heterocycles. The molecule has 142 valence electrons. The molecule has 0 bridgehead atoms. The molecule has 0 fully saturated rings. The standard InChI is InChI=1S/C22H24NO4.Li/c1-5-18-12-13-19(24-3)21(25-4)20(18)22(27-6-2)23-14-15-26-16-17-10-8-7-9-11-17;/h7-13H,6,14-16H2,2-4H3;/q-1;+1. The number of ether oxygens (including phenoxy) is 4. The van der Waals surface area contributed by atoms with Crippen LogP contribution in [-0.2, 0) is 16.1 Å². The second-order valence-corrected chi connectivity index (χ2v) is 5.51. The fourth-order valence-electron chi connectivity index (χ4n) is 2.55. The number of hydrogen-bond acceptors (Lipinski definition) is 5. The van der Waals surface area contributed by atoms with Crippen LogP contribution in [-0.4, -0.2) is 39.9 Å². The molecule has 0 radical (unpaired) electrons. The molecule has 2 aromatic rings. The van der Waals surface area contributed by atoms with E-state index < -0.39 is 0 Å². The van der Waals surface area contributed by atoms with Crippen LogP contribution in [0, 0.1) is 12.3 Å². The second kappa shape index (κ2) is 12.9. The smallest absolute Gasteiger partial charge is 0.494 e. The molecule has 0 aromatic heterocycles. The summed E-state index contributed by atoms with van der Waals surface area (Å²) in [5.41, 5.74) is 2.18. The van der Waals surface area contributed by atoms with Crippen molar-refractivity contribution >= 4 is 5.90 Å². The van der Waals surface area contributed by atoms with Crippen molar-refractivity contribution in [3.8, 4) is 17.4 Å². The molecule has 2 rings (SSSR count). The quantitative estimate of drug-likeness (QED) is 0.162. The van der Waals surface area contributed by atoms with Crippen molar-refractivity contribution in [2.45, 2.75) is 13.5 Å². The van der Waals surface area contributed by atoms with Crippen LogP contribution in [0.2, 0.25) is 0 Å².